The van der Waals surface area contributed by atoms with E-state index in [1.54, 1.807) is 4.90 Å². The third-order valence-electron chi connectivity index (χ3n) is 3.36. The number of aliphatic hydroxyl groups is 1. The quantitative estimate of drug-likeness (QED) is 0.829. The van der Waals surface area contributed by atoms with Gasteiger partial charge in [-0.25, -0.2) is 4.79 Å². The minimum absolute atomic E-state index is 0.122. The molecule has 2 atom stereocenters. The van der Waals surface area contributed by atoms with E-state index in [4.69, 9.17) is 9.84 Å². The van der Waals surface area contributed by atoms with Crippen LogP contribution in [0.5, 0.6) is 0 Å². The second-order valence-corrected chi connectivity index (χ2v) is 5.97. The molecule has 1 aliphatic rings. The number of nitrogens with zero attached hydrogens (tertiary/aromatic N) is 2. The fourth-order valence-corrected chi connectivity index (χ4v) is 2.41. The number of aliphatic hydroxyl groups excluding tert-OH is 1. The Labute approximate surface area is 110 Å². The zero-order valence-corrected chi connectivity index (χ0v) is 12.1. The summed E-state index contributed by atoms with van der Waals surface area (Å²) in [5.41, 5.74) is -0.452. The molecular formula is C13H26N2O3. The number of hydrogen-bond donors (Lipinski definition) is 1. The average molecular weight is 258 g/mol. The molecular weight excluding hydrogens is 232 g/mol. The van der Waals surface area contributed by atoms with Gasteiger partial charge in [0.25, 0.3) is 0 Å². The van der Waals surface area contributed by atoms with Crippen LogP contribution in [0.2, 0.25) is 0 Å². The highest BCUT2D eigenvalue weighted by Gasteiger charge is 2.37. The molecule has 0 aromatic heterocycles. The van der Waals surface area contributed by atoms with Crippen molar-refractivity contribution in [2.45, 2.75) is 51.8 Å². The van der Waals surface area contributed by atoms with Crippen LogP contribution in [0.3, 0.4) is 0 Å². The molecule has 1 aliphatic heterocycles. The SMILES string of the molecule is C[C@@H]1[C@H](N(C)CCO)CCN1C(=O)OC(C)(C)C. The monoisotopic (exact) mass is 258 g/mol. The lowest BCUT2D eigenvalue weighted by Gasteiger charge is -2.31. The molecule has 0 radical (unpaired) electrons. The van der Waals surface area contributed by atoms with Crippen molar-refractivity contribution in [3.8, 4) is 0 Å². The van der Waals surface area contributed by atoms with Crippen LogP contribution in [0.4, 0.5) is 4.79 Å². The second-order valence-electron chi connectivity index (χ2n) is 5.97. The first-order valence-corrected chi connectivity index (χ1v) is 6.57. The van der Waals surface area contributed by atoms with Crippen molar-refractivity contribution in [3.05, 3.63) is 0 Å². The number of amides is 1. The van der Waals surface area contributed by atoms with Crippen LogP contribution in [0, 0.1) is 0 Å². The first kappa shape index (κ1) is 15.2. The van der Waals surface area contributed by atoms with Gasteiger partial charge in [-0.3, -0.25) is 4.90 Å². The maximum Gasteiger partial charge on any atom is 0.410 e. The summed E-state index contributed by atoms with van der Waals surface area (Å²) in [6.07, 6.45) is 0.687. The summed E-state index contributed by atoms with van der Waals surface area (Å²) in [6.45, 7) is 9.16. The average Bonchev–Trinajstić information content (AvgIpc) is 2.57. The Balaban J connectivity index is 2.58. The molecule has 0 aliphatic carbocycles. The fourth-order valence-electron chi connectivity index (χ4n) is 2.41. The maximum atomic E-state index is 12.0. The van der Waals surface area contributed by atoms with Gasteiger partial charge in [0.05, 0.1) is 6.61 Å². The third kappa shape index (κ3) is 3.85. The molecule has 1 rings (SSSR count). The number of likely N-dealkylation sites (N-methyl/N-ethyl adjacent to an activating group) is 1. The van der Waals surface area contributed by atoms with E-state index < -0.39 is 5.60 Å². The van der Waals surface area contributed by atoms with Crippen molar-refractivity contribution in [2.75, 3.05) is 26.7 Å². The molecule has 106 valence electrons. The molecule has 0 bridgehead atoms. The highest BCUT2D eigenvalue weighted by molar-refractivity contribution is 5.69. The van der Waals surface area contributed by atoms with E-state index >= 15 is 0 Å². The van der Waals surface area contributed by atoms with Gasteiger partial charge in [-0.1, -0.05) is 0 Å². The van der Waals surface area contributed by atoms with E-state index in [0.717, 1.165) is 13.0 Å². The highest BCUT2D eigenvalue weighted by Crippen LogP contribution is 2.24. The minimum Gasteiger partial charge on any atom is -0.444 e. The minimum atomic E-state index is -0.452. The summed E-state index contributed by atoms with van der Waals surface area (Å²) < 4.78 is 5.40. The van der Waals surface area contributed by atoms with Crippen molar-refractivity contribution < 1.29 is 14.6 Å². The molecule has 18 heavy (non-hydrogen) atoms. The number of ether oxygens (including phenoxy) is 1. The summed E-state index contributed by atoms with van der Waals surface area (Å²) >= 11 is 0. The summed E-state index contributed by atoms with van der Waals surface area (Å²) in [5, 5.41) is 8.96. The number of carbonyl (C=O) groups is 1. The Morgan fingerprint density at radius 2 is 2.11 bits per heavy atom. The Morgan fingerprint density at radius 1 is 1.50 bits per heavy atom. The molecule has 5 heteroatoms. The topological polar surface area (TPSA) is 53.0 Å². The zero-order valence-electron chi connectivity index (χ0n) is 12.1. The van der Waals surface area contributed by atoms with Gasteiger partial charge in [0.2, 0.25) is 0 Å². The van der Waals surface area contributed by atoms with Crippen molar-refractivity contribution >= 4 is 6.09 Å². The fraction of sp³-hybridized carbons (Fsp3) is 0.923. The Bertz CT molecular complexity index is 288. The van der Waals surface area contributed by atoms with Crippen LogP contribution in [0.25, 0.3) is 0 Å². The van der Waals surface area contributed by atoms with Crippen LogP contribution < -0.4 is 0 Å². The van der Waals surface area contributed by atoms with Gasteiger partial charge in [0.1, 0.15) is 5.60 Å². The van der Waals surface area contributed by atoms with Gasteiger partial charge in [0, 0.05) is 25.2 Å². The van der Waals surface area contributed by atoms with Crippen molar-refractivity contribution in [2.24, 2.45) is 0 Å². The van der Waals surface area contributed by atoms with Crippen LogP contribution >= 0.6 is 0 Å². The summed E-state index contributed by atoms with van der Waals surface area (Å²) in [6, 6.07) is 0.418. The third-order valence-corrected chi connectivity index (χ3v) is 3.36. The first-order chi connectivity index (χ1) is 8.26. The molecule has 0 saturated carbocycles. The van der Waals surface area contributed by atoms with Crippen molar-refractivity contribution in [1.29, 1.82) is 0 Å². The standard InChI is InChI=1S/C13H26N2O3/c1-10-11(14(5)8-9-16)6-7-15(10)12(17)18-13(2,3)4/h10-11,16H,6-9H2,1-5H3/t10-,11-/m1/s1. The first-order valence-electron chi connectivity index (χ1n) is 6.57. The zero-order chi connectivity index (χ0) is 13.9. The van der Waals surface area contributed by atoms with Crippen molar-refractivity contribution in [1.82, 2.24) is 9.80 Å². The Hall–Kier alpha value is -0.810. The molecule has 0 spiro atoms. The molecule has 1 heterocycles. The van der Waals surface area contributed by atoms with Gasteiger partial charge in [0.15, 0.2) is 0 Å². The molecule has 0 unspecified atom stereocenters. The van der Waals surface area contributed by atoms with E-state index in [-0.39, 0.29) is 18.7 Å². The Kier molecular flexibility index (Phi) is 4.99. The van der Waals surface area contributed by atoms with Gasteiger partial charge >= 0.3 is 6.09 Å². The molecule has 1 fully saturated rings. The molecule has 0 aromatic carbocycles. The number of hydrogen-bond acceptors (Lipinski definition) is 4. The van der Waals surface area contributed by atoms with Crippen LogP contribution in [0.1, 0.15) is 34.1 Å². The van der Waals surface area contributed by atoms with E-state index in [1.807, 2.05) is 34.7 Å². The van der Waals surface area contributed by atoms with Gasteiger partial charge in [-0.05, 0) is 41.2 Å². The van der Waals surface area contributed by atoms with Crippen molar-refractivity contribution in [3.63, 3.8) is 0 Å². The number of rotatable bonds is 3. The highest BCUT2D eigenvalue weighted by atomic mass is 16.6. The number of carbonyl (C=O) groups excluding carboxylic acids is 1. The molecule has 1 N–H and O–H groups in total. The Morgan fingerprint density at radius 3 is 2.61 bits per heavy atom. The van der Waals surface area contributed by atoms with E-state index in [1.165, 1.54) is 0 Å². The van der Waals surface area contributed by atoms with Crippen LogP contribution in [-0.4, -0.2) is 65.4 Å². The van der Waals surface area contributed by atoms with Crippen LogP contribution in [-0.2, 0) is 4.74 Å². The van der Waals surface area contributed by atoms with Gasteiger partial charge in [-0.15, -0.1) is 0 Å². The molecule has 1 saturated heterocycles. The predicted molar refractivity (Wildman–Crippen MR) is 70.5 cm³/mol. The molecule has 5 nitrogen and oxygen atoms in total. The van der Waals surface area contributed by atoms with E-state index in [9.17, 15) is 4.79 Å². The predicted octanol–water partition coefficient (Wildman–Crippen LogP) is 1.31. The smallest absolute Gasteiger partial charge is 0.410 e. The second kappa shape index (κ2) is 5.89. The molecule has 0 aromatic rings. The van der Waals surface area contributed by atoms with Gasteiger partial charge < -0.3 is 14.7 Å². The van der Waals surface area contributed by atoms with Crippen LogP contribution in [0.15, 0.2) is 0 Å². The summed E-state index contributed by atoms with van der Waals surface area (Å²) in [5.74, 6) is 0. The van der Waals surface area contributed by atoms with E-state index in [0.29, 0.717) is 12.6 Å². The lowest BCUT2D eigenvalue weighted by atomic mass is 10.1. The largest absolute Gasteiger partial charge is 0.444 e. The normalized spacial score (nSPS) is 24.7. The lowest BCUT2D eigenvalue weighted by Crippen LogP contribution is -2.45. The van der Waals surface area contributed by atoms with E-state index in [2.05, 4.69) is 4.90 Å². The number of likely N-dealkylation sites (tertiary alicyclic amines) is 1. The van der Waals surface area contributed by atoms with Gasteiger partial charge in [-0.2, -0.15) is 0 Å². The molecule has 1 amide bonds. The summed E-state index contributed by atoms with van der Waals surface area (Å²) in [4.78, 5) is 15.9. The lowest BCUT2D eigenvalue weighted by molar-refractivity contribution is 0.0206. The maximum absolute atomic E-state index is 12.0. The summed E-state index contributed by atoms with van der Waals surface area (Å²) in [7, 11) is 1.98.